The minimum absolute atomic E-state index is 0. The average molecular weight is 522 g/mol. The zero-order valence-corrected chi connectivity index (χ0v) is 20.0. The van der Waals surface area contributed by atoms with E-state index in [0.29, 0.717) is 0 Å². The van der Waals surface area contributed by atoms with Gasteiger partial charge in [0.15, 0.2) is 5.96 Å². The summed E-state index contributed by atoms with van der Waals surface area (Å²) in [6.07, 6.45) is 4.56. The van der Waals surface area contributed by atoms with Gasteiger partial charge in [0.25, 0.3) is 0 Å². The molecule has 5 nitrogen and oxygen atoms in total. The van der Waals surface area contributed by atoms with Crippen LogP contribution < -0.4 is 5.32 Å². The number of nitrogens with one attached hydrogen (secondary N) is 1. The van der Waals surface area contributed by atoms with E-state index in [9.17, 15) is 0 Å². The first kappa shape index (κ1) is 23.7. The van der Waals surface area contributed by atoms with Gasteiger partial charge in [-0.2, -0.15) is 0 Å². The van der Waals surface area contributed by atoms with Crippen LogP contribution in [-0.4, -0.2) is 64.5 Å². The second kappa shape index (κ2) is 11.6. The van der Waals surface area contributed by atoms with Crippen molar-refractivity contribution in [2.75, 3.05) is 53.6 Å². The smallest absolute Gasteiger partial charge is 0.193 e. The summed E-state index contributed by atoms with van der Waals surface area (Å²) in [5, 5.41) is 4.41. The van der Waals surface area contributed by atoms with Gasteiger partial charge in [-0.1, -0.05) is 29.8 Å². The van der Waals surface area contributed by atoms with Gasteiger partial charge in [0.2, 0.25) is 0 Å². The third-order valence-corrected chi connectivity index (χ3v) is 6.00. The molecule has 2 aliphatic rings. The molecule has 1 aromatic rings. The van der Waals surface area contributed by atoms with Crippen molar-refractivity contribution in [2.45, 2.75) is 31.1 Å². The monoisotopic (exact) mass is 521 g/mol. The quantitative estimate of drug-likeness (QED) is 0.244. The molecule has 0 aromatic heterocycles. The molecule has 1 aromatic carbocycles. The highest BCUT2D eigenvalue weighted by atomic mass is 127. The van der Waals surface area contributed by atoms with Gasteiger partial charge in [-0.3, -0.25) is 4.99 Å². The Morgan fingerprint density at radius 3 is 2.68 bits per heavy atom. The third-order valence-electron chi connectivity index (χ3n) is 5.67. The Hall–Kier alpha value is -0.570. The predicted octanol–water partition coefficient (Wildman–Crippen LogP) is 3.94. The van der Waals surface area contributed by atoms with Gasteiger partial charge in [0.1, 0.15) is 0 Å². The molecule has 1 aliphatic carbocycles. The van der Waals surface area contributed by atoms with Crippen LogP contribution in [0.3, 0.4) is 0 Å². The molecule has 1 N–H and O–H groups in total. The number of hydrogen-bond donors (Lipinski definition) is 1. The number of guanidine groups is 1. The second-order valence-electron chi connectivity index (χ2n) is 7.71. The lowest BCUT2D eigenvalue weighted by Crippen LogP contribution is -2.49. The summed E-state index contributed by atoms with van der Waals surface area (Å²) < 4.78 is 11.4. The van der Waals surface area contributed by atoms with Gasteiger partial charge in [-0.25, -0.2) is 0 Å². The molecule has 158 valence electrons. The number of hydrogen-bond acceptors (Lipinski definition) is 3. The minimum Gasteiger partial charge on any atom is -0.381 e. The van der Waals surface area contributed by atoms with E-state index >= 15 is 0 Å². The van der Waals surface area contributed by atoms with Crippen molar-refractivity contribution in [3.05, 3.63) is 34.9 Å². The molecule has 0 radical (unpaired) electrons. The highest BCUT2D eigenvalue weighted by Crippen LogP contribution is 2.38. The number of likely N-dealkylation sites (N-methyl/N-ethyl adjacent to an activating group) is 1. The Morgan fingerprint density at radius 1 is 1.32 bits per heavy atom. The molecule has 2 fully saturated rings. The highest BCUT2D eigenvalue weighted by molar-refractivity contribution is 14.0. The Kier molecular flexibility index (Phi) is 9.80. The number of nitrogens with zero attached hydrogens (tertiary/aromatic N) is 2. The zero-order valence-electron chi connectivity index (χ0n) is 17.0. The molecule has 0 bridgehead atoms. The van der Waals surface area contributed by atoms with E-state index in [4.69, 9.17) is 21.1 Å². The summed E-state index contributed by atoms with van der Waals surface area (Å²) >= 11 is 6.55. The second-order valence-corrected chi connectivity index (χ2v) is 8.12. The number of benzene rings is 1. The summed E-state index contributed by atoms with van der Waals surface area (Å²) in [6.45, 7) is 4.77. The molecular weight excluding hydrogens is 489 g/mol. The molecule has 0 atom stereocenters. The van der Waals surface area contributed by atoms with Crippen LogP contribution in [0.4, 0.5) is 0 Å². The van der Waals surface area contributed by atoms with E-state index in [1.165, 1.54) is 18.4 Å². The maximum absolute atomic E-state index is 6.55. The molecule has 0 spiro atoms. The van der Waals surface area contributed by atoms with Crippen molar-refractivity contribution >= 4 is 41.5 Å². The van der Waals surface area contributed by atoms with Crippen molar-refractivity contribution in [2.24, 2.45) is 10.9 Å². The summed E-state index contributed by atoms with van der Waals surface area (Å²) in [6, 6.07) is 8.18. The fraction of sp³-hybridized carbons (Fsp3) is 0.667. The molecular formula is C21H33ClIN3O2. The third kappa shape index (κ3) is 6.47. The summed E-state index contributed by atoms with van der Waals surface area (Å²) in [4.78, 5) is 6.59. The fourth-order valence-electron chi connectivity index (χ4n) is 3.67. The standard InChI is InChI=1S/C21H32ClN3O2.HI/c1-23-20(25(2)11-14-27-15-17-7-8-17)24-16-21(9-12-26-13-10-21)18-5-3-4-6-19(18)22;/h3-6,17H,7-16H2,1-2H3,(H,23,24);1H. The Morgan fingerprint density at radius 2 is 2.04 bits per heavy atom. The maximum Gasteiger partial charge on any atom is 0.193 e. The zero-order chi connectivity index (χ0) is 19.1. The van der Waals surface area contributed by atoms with Crippen molar-refractivity contribution in [1.82, 2.24) is 10.2 Å². The number of ether oxygens (including phenoxy) is 2. The van der Waals surface area contributed by atoms with Crippen molar-refractivity contribution in [3.63, 3.8) is 0 Å². The minimum atomic E-state index is -0.0319. The topological polar surface area (TPSA) is 46.1 Å². The Labute approximate surface area is 191 Å². The van der Waals surface area contributed by atoms with E-state index < -0.39 is 0 Å². The molecule has 3 rings (SSSR count). The maximum atomic E-state index is 6.55. The van der Waals surface area contributed by atoms with Crippen LogP contribution >= 0.6 is 35.6 Å². The van der Waals surface area contributed by atoms with Crippen LogP contribution in [0, 0.1) is 5.92 Å². The predicted molar refractivity (Wildman–Crippen MR) is 126 cm³/mol. The lowest BCUT2D eigenvalue weighted by Gasteiger charge is -2.39. The van der Waals surface area contributed by atoms with Crippen LogP contribution in [0.15, 0.2) is 29.3 Å². The molecule has 1 saturated heterocycles. The lowest BCUT2D eigenvalue weighted by molar-refractivity contribution is 0.0511. The SMILES string of the molecule is CN=C(NCC1(c2ccccc2Cl)CCOCC1)N(C)CCOCC1CC1.I. The van der Waals surface area contributed by atoms with Gasteiger partial charge in [-0.15, -0.1) is 24.0 Å². The van der Waals surface area contributed by atoms with Crippen LogP contribution in [0.25, 0.3) is 0 Å². The van der Waals surface area contributed by atoms with E-state index in [0.717, 1.165) is 69.3 Å². The summed E-state index contributed by atoms with van der Waals surface area (Å²) in [5.74, 6) is 1.69. The van der Waals surface area contributed by atoms with Crippen LogP contribution in [0.1, 0.15) is 31.2 Å². The fourth-order valence-corrected chi connectivity index (χ4v) is 4.01. The number of rotatable bonds is 8. The molecule has 0 amide bonds. The van der Waals surface area contributed by atoms with E-state index in [-0.39, 0.29) is 29.4 Å². The number of aliphatic imine (C=N–C) groups is 1. The van der Waals surface area contributed by atoms with Gasteiger partial charge >= 0.3 is 0 Å². The van der Waals surface area contributed by atoms with Crippen molar-refractivity contribution < 1.29 is 9.47 Å². The first-order chi connectivity index (χ1) is 13.1. The normalized spacial score (nSPS) is 19.0. The van der Waals surface area contributed by atoms with Crippen LogP contribution in [0.2, 0.25) is 5.02 Å². The molecule has 28 heavy (non-hydrogen) atoms. The summed E-state index contributed by atoms with van der Waals surface area (Å²) in [5.41, 5.74) is 1.17. The lowest BCUT2D eigenvalue weighted by atomic mass is 9.74. The molecule has 7 heteroatoms. The molecule has 1 heterocycles. The Bertz CT molecular complexity index is 634. The largest absolute Gasteiger partial charge is 0.381 e. The average Bonchev–Trinajstić information content (AvgIpc) is 3.51. The van der Waals surface area contributed by atoms with E-state index in [1.54, 1.807) is 0 Å². The van der Waals surface area contributed by atoms with E-state index in [1.807, 2.05) is 19.2 Å². The van der Waals surface area contributed by atoms with Gasteiger partial charge in [-0.05, 0) is 43.2 Å². The Balaban J connectivity index is 0.00000280. The van der Waals surface area contributed by atoms with Crippen LogP contribution in [0.5, 0.6) is 0 Å². The molecule has 1 saturated carbocycles. The van der Waals surface area contributed by atoms with Gasteiger partial charge in [0, 0.05) is 57.4 Å². The van der Waals surface area contributed by atoms with E-state index in [2.05, 4.69) is 34.4 Å². The van der Waals surface area contributed by atoms with Crippen molar-refractivity contribution in [1.29, 1.82) is 0 Å². The van der Waals surface area contributed by atoms with Gasteiger partial charge < -0.3 is 19.7 Å². The van der Waals surface area contributed by atoms with Crippen molar-refractivity contribution in [3.8, 4) is 0 Å². The molecule has 0 unspecified atom stereocenters. The first-order valence-electron chi connectivity index (χ1n) is 9.97. The summed E-state index contributed by atoms with van der Waals surface area (Å²) in [7, 11) is 3.89. The highest BCUT2D eigenvalue weighted by Gasteiger charge is 2.36. The molecule has 1 aliphatic heterocycles. The first-order valence-corrected chi connectivity index (χ1v) is 10.3. The van der Waals surface area contributed by atoms with Crippen LogP contribution in [-0.2, 0) is 14.9 Å². The van der Waals surface area contributed by atoms with Gasteiger partial charge in [0.05, 0.1) is 6.61 Å². The number of halogens is 2.